The zero-order chi connectivity index (χ0) is 26.8. The summed E-state index contributed by atoms with van der Waals surface area (Å²) in [4.78, 5) is 0. The van der Waals surface area contributed by atoms with Gasteiger partial charge in [0, 0.05) is 11.5 Å². The van der Waals surface area contributed by atoms with E-state index in [0.29, 0.717) is 0 Å². The lowest BCUT2D eigenvalue weighted by atomic mass is 9.78. The number of rotatable bonds is 2. The second-order valence-corrected chi connectivity index (χ2v) is 10.0. The maximum Gasteiger partial charge on any atom is 0.158 e. The van der Waals surface area contributed by atoms with E-state index >= 15 is 0 Å². The van der Waals surface area contributed by atoms with Gasteiger partial charge in [-0.25, -0.2) is 0 Å². The van der Waals surface area contributed by atoms with Crippen LogP contribution in [-0.2, 0) is 5.41 Å². The molecule has 0 aromatic heterocycles. The molecule has 3 atom stereocenters. The number of aromatic hydroxyl groups is 4. The summed E-state index contributed by atoms with van der Waals surface area (Å²) < 4.78 is 0. The lowest BCUT2D eigenvalue weighted by molar-refractivity contribution is 0.401. The van der Waals surface area contributed by atoms with Crippen LogP contribution in [-0.4, -0.2) is 20.4 Å². The van der Waals surface area contributed by atoms with Crippen molar-refractivity contribution in [1.82, 2.24) is 0 Å². The van der Waals surface area contributed by atoms with Crippen molar-refractivity contribution in [3.63, 3.8) is 0 Å². The Morgan fingerprint density at radius 2 is 1.32 bits per heavy atom. The Bertz CT molecular complexity index is 1730. The SMILES string of the molecule is C#Cc1ccc(C2=CC3(C=C(C4=CC(C)C(C#C)C=C4)c4cc(O)c(O)cc43)c3cc(O)c(O)cc32)cc1. The van der Waals surface area contributed by atoms with E-state index < -0.39 is 5.41 Å². The van der Waals surface area contributed by atoms with E-state index in [1.165, 1.54) is 0 Å². The van der Waals surface area contributed by atoms with Crippen LogP contribution < -0.4 is 0 Å². The van der Waals surface area contributed by atoms with Crippen LogP contribution >= 0.6 is 0 Å². The number of hydrogen-bond donors (Lipinski definition) is 4. The average Bonchev–Trinajstić information content (AvgIpc) is 3.39. The van der Waals surface area contributed by atoms with Gasteiger partial charge >= 0.3 is 0 Å². The van der Waals surface area contributed by atoms with E-state index in [2.05, 4.69) is 37.0 Å². The quantitative estimate of drug-likeness (QED) is 0.259. The molecule has 0 amide bonds. The molecule has 1 spiro atoms. The van der Waals surface area contributed by atoms with Crippen molar-refractivity contribution in [3.8, 4) is 47.7 Å². The molecule has 3 aliphatic carbocycles. The third kappa shape index (κ3) is 3.28. The molecule has 4 heteroatoms. The number of benzene rings is 3. The Labute approximate surface area is 221 Å². The van der Waals surface area contributed by atoms with Gasteiger partial charge < -0.3 is 20.4 Å². The third-order valence-corrected chi connectivity index (χ3v) is 7.80. The lowest BCUT2D eigenvalue weighted by Gasteiger charge is -2.24. The molecule has 4 N–H and O–H groups in total. The summed E-state index contributed by atoms with van der Waals surface area (Å²) in [6, 6.07) is 13.8. The highest BCUT2D eigenvalue weighted by molar-refractivity contribution is 5.98. The molecule has 0 aliphatic heterocycles. The predicted molar refractivity (Wildman–Crippen MR) is 148 cm³/mol. The molecule has 38 heavy (non-hydrogen) atoms. The Morgan fingerprint density at radius 1 is 0.763 bits per heavy atom. The summed E-state index contributed by atoms with van der Waals surface area (Å²) in [5, 5.41) is 42.0. The minimum absolute atomic E-state index is 0.00739. The Kier molecular flexibility index (Phi) is 5.06. The fraction of sp³-hybridized carbons (Fsp3) is 0.118. The molecule has 0 saturated carbocycles. The van der Waals surface area contributed by atoms with Gasteiger partial charge in [0.15, 0.2) is 23.0 Å². The van der Waals surface area contributed by atoms with Crippen molar-refractivity contribution in [3.05, 3.63) is 118 Å². The summed E-state index contributed by atoms with van der Waals surface area (Å²) in [5.74, 6) is 4.62. The van der Waals surface area contributed by atoms with Crippen LogP contribution in [0.5, 0.6) is 23.0 Å². The summed E-state index contributed by atoms with van der Waals surface area (Å²) in [7, 11) is 0. The second kappa shape index (κ2) is 8.23. The molecule has 3 aromatic carbocycles. The molecule has 3 aliphatic rings. The van der Waals surface area contributed by atoms with E-state index in [4.69, 9.17) is 12.8 Å². The van der Waals surface area contributed by atoms with Crippen molar-refractivity contribution in [2.45, 2.75) is 12.3 Å². The molecule has 0 radical (unpaired) electrons. The van der Waals surface area contributed by atoms with Crippen molar-refractivity contribution < 1.29 is 20.4 Å². The molecule has 0 saturated heterocycles. The summed E-state index contributed by atoms with van der Waals surface area (Å²) in [5.41, 5.74) is 6.47. The van der Waals surface area contributed by atoms with Crippen molar-refractivity contribution in [2.75, 3.05) is 0 Å². The summed E-state index contributed by atoms with van der Waals surface area (Å²) in [6.07, 6.45) is 21.5. The lowest BCUT2D eigenvalue weighted by Crippen LogP contribution is -2.18. The van der Waals surface area contributed by atoms with E-state index in [1.807, 2.05) is 36.4 Å². The molecule has 6 rings (SSSR count). The van der Waals surface area contributed by atoms with Crippen LogP contribution in [0.2, 0.25) is 0 Å². The highest BCUT2D eigenvalue weighted by atomic mass is 16.3. The minimum Gasteiger partial charge on any atom is -0.504 e. The first-order chi connectivity index (χ1) is 18.3. The Morgan fingerprint density at radius 3 is 1.87 bits per heavy atom. The van der Waals surface area contributed by atoms with E-state index in [0.717, 1.165) is 50.1 Å². The van der Waals surface area contributed by atoms with E-state index in [1.54, 1.807) is 24.3 Å². The van der Waals surface area contributed by atoms with Gasteiger partial charge in [0.25, 0.3) is 0 Å². The fourth-order valence-corrected chi connectivity index (χ4v) is 5.83. The van der Waals surface area contributed by atoms with Crippen molar-refractivity contribution in [2.24, 2.45) is 11.8 Å². The molecule has 0 bridgehead atoms. The van der Waals surface area contributed by atoms with Crippen LogP contribution in [0.15, 0.2) is 84.5 Å². The molecular weight excluding hydrogens is 472 g/mol. The van der Waals surface area contributed by atoms with Crippen LogP contribution in [0.4, 0.5) is 0 Å². The first kappa shape index (κ1) is 23.3. The molecule has 3 aromatic rings. The second-order valence-electron chi connectivity index (χ2n) is 10.0. The van der Waals surface area contributed by atoms with Crippen LogP contribution in [0.25, 0.3) is 11.1 Å². The highest BCUT2D eigenvalue weighted by Gasteiger charge is 2.45. The van der Waals surface area contributed by atoms with Gasteiger partial charge in [0.1, 0.15) is 0 Å². The topological polar surface area (TPSA) is 80.9 Å². The largest absolute Gasteiger partial charge is 0.504 e. The normalized spacial score (nSPS) is 22.7. The number of terminal acetylenes is 2. The average molecular weight is 497 g/mol. The van der Waals surface area contributed by atoms with Crippen molar-refractivity contribution in [1.29, 1.82) is 0 Å². The van der Waals surface area contributed by atoms with E-state index in [9.17, 15) is 20.4 Å². The van der Waals surface area contributed by atoms with Crippen molar-refractivity contribution >= 4 is 11.1 Å². The molecule has 0 heterocycles. The number of phenols is 4. The number of allylic oxidation sites excluding steroid dienone is 7. The number of hydrogen-bond acceptors (Lipinski definition) is 4. The van der Waals surface area contributed by atoms with Gasteiger partial charge in [0.2, 0.25) is 0 Å². The van der Waals surface area contributed by atoms with Gasteiger partial charge in [-0.15, -0.1) is 12.8 Å². The molecule has 184 valence electrons. The Hall–Kier alpha value is -5.06. The maximum absolute atomic E-state index is 10.6. The van der Waals surface area contributed by atoms with Gasteiger partial charge in [-0.3, -0.25) is 0 Å². The van der Waals surface area contributed by atoms with Gasteiger partial charge in [0.05, 0.1) is 5.41 Å². The van der Waals surface area contributed by atoms with Crippen LogP contribution in [0.1, 0.15) is 40.3 Å². The first-order valence-electron chi connectivity index (χ1n) is 12.3. The third-order valence-electron chi connectivity index (χ3n) is 7.80. The predicted octanol–water partition coefficient (Wildman–Crippen LogP) is 6.00. The highest BCUT2D eigenvalue weighted by Crippen LogP contribution is 2.58. The Balaban J connectivity index is 1.65. The molecular formula is C34H24O4. The monoisotopic (exact) mass is 496 g/mol. The smallest absolute Gasteiger partial charge is 0.158 e. The minimum atomic E-state index is -0.878. The van der Waals surface area contributed by atoms with Crippen LogP contribution in [0.3, 0.4) is 0 Å². The maximum atomic E-state index is 10.6. The van der Waals surface area contributed by atoms with Gasteiger partial charge in [-0.2, -0.15) is 0 Å². The first-order valence-corrected chi connectivity index (χ1v) is 12.3. The molecule has 3 unspecified atom stereocenters. The summed E-state index contributed by atoms with van der Waals surface area (Å²) in [6.45, 7) is 2.07. The van der Waals surface area contributed by atoms with Crippen LogP contribution in [0, 0.1) is 36.5 Å². The fourth-order valence-electron chi connectivity index (χ4n) is 5.83. The zero-order valence-electron chi connectivity index (χ0n) is 20.6. The number of fused-ring (bicyclic) bond motifs is 4. The van der Waals surface area contributed by atoms with E-state index in [-0.39, 0.29) is 34.8 Å². The number of phenolic OH excluding ortho intramolecular Hbond substituents is 4. The zero-order valence-corrected chi connectivity index (χ0v) is 20.6. The molecule has 4 nitrogen and oxygen atoms in total. The molecule has 0 fully saturated rings. The standard InChI is InChI=1S/C34H24O4/c1-4-20-6-8-22(9-7-20)26-17-34(28-15-32(37)30(35)13-24(26)28)18-27(23-11-10-21(5-2)19(3)12-23)25-14-31(36)33(38)16-29(25)34/h1-2,6-19,21,35-38H,3H3. The van der Waals surface area contributed by atoms with Gasteiger partial charge in [-0.1, -0.05) is 61.3 Å². The van der Waals surface area contributed by atoms with Gasteiger partial charge in [-0.05, 0) is 86.9 Å². The summed E-state index contributed by atoms with van der Waals surface area (Å²) >= 11 is 0.